The maximum atomic E-state index is 11.9. The van der Waals surface area contributed by atoms with Gasteiger partial charge in [-0.15, -0.1) is 0 Å². The lowest BCUT2D eigenvalue weighted by Gasteiger charge is -2.18. The summed E-state index contributed by atoms with van der Waals surface area (Å²) >= 11 is 0. The van der Waals surface area contributed by atoms with Gasteiger partial charge >= 0.3 is 0 Å². The van der Waals surface area contributed by atoms with Gasteiger partial charge in [-0.1, -0.05) is 18.2 Å². The Morgan fingerprint density at radius 2 is 2.00 bits per heavy atom. The molecule has 0 heterocycles. The van der Waals surface area contributed by atoms with Crippen LogP contribution in [0.2, 0.25) is 0 Å². The SMILES string of the molecule is COc1ccccc1CCN(C)C(=O)CCNS(C)(=O)=O. The van der Waals surface area contributed by atoms with E-state index in [0.717, 1.165) is 17.6 Å². The Balaban J connectivity index is 2.42. The second kappa shape index (κ2) is 7.99. The first-order valence-corrected chi connectivity index (χ1v) is 8.53. The number of nitrogens with zero attached hydrogens (tertiary/aromatic N) is 1. The zero-order valence-corrected chi connectivity index (χ0v) is 13.4. The van der Waals surface area contributed by atoms with E-state index >= 15 is 0 Å². The van der Waals surface area contributed by atoms with Crippen molar-refractivity contribution in [3.63, 3.8) is 0 Å². The van der Waals surface area contributed by atoms with Crippen LogP contribution in [0.25, 0.3) is 0 Å². The highest BCUT2D eigenvalue weighted by Crippen LogP contribution is 2.17. The van der Waals surface area contributed by atoms with E-state index in [9.17, 15) is 13.2 Å². The van der Waals surface area contributed by atoms with Crippen molar-refractivity contribution < 1.29 is 17.9 Å². The summed E-state index contributed by atoms with van der Waals surface area (Å²) in [7, 11) is 0.0751. The van der Waals surface area contributed by atoms with Crippen LogP contribution in [0, 0.1) is 0 Å². The topological polar surface area (TPSA) is 75.7 Å². The summed E-state index contributed by atoms with van der Waals surface area (Å²) in [4.78, 5) is 13.5. The Bertz CT molecular complexity index is 572. The van der Waals surface area contributed by atoms with Crippen molar-refractivity contribution in [3.8, 4) is 5.75 Å². The highest BCUT2D eigenvalue weighted by Gasteiger charge is 2.11. The van der Waals surface area contributed by atoms with Crippen molar-refractivity contribution in [1.29, 1.82) is 0 Å². The molecule has 0 atom stereocenters. The first kappa shape index (κ1) is 17.5. The van der Waals surface area contributed by atoms with Gasteiger partial charge in [0, 0.05) is 26.6 Å². The Labute approximate surface area is 126 Å². The molecular weight excluding hydrogens is 292 g/mol. The Kier molecular flexibility index (Phi) is 6.64. The molecule has 0 aromatic heterocycles. The van der Waals surface area contributed by atoms with Gasteiger partial charge in [0.15, 0.2) is 0 Å². The normalized spacial score (nSPS) is 11.2. The van der Waals surface area contributed by atoms with Crippen LogP contribution < -0.4 is 9.46 Å². The van der Waals surface area contributed by atoms with Crippen molar-refractivity contribution >= 4 is 15.9 Å². The number of hydrogen-bond acceptors (Lipinski definition) is 4. The van der Waals surface area contributed by atoms with Gasteiger partial charge in [0.25, 0.3) is 0 Å². The van der Waals surface area contributed by atoms with Crippen molar-refractivity contribution in [1.82, 2.24) is 9.62 Å². The van der Waals surface area contributed by atoms with Crippen molar-refractivity contribution in [3.05, 3.63) is 29.8 Å². The predicted molar refractivity (Wildman–Crippen MR) is 81.8 cm³/mol. The lowest BCUT2D eigenvalue weighted by Crippen LogP contribution is -2.32. The maximum Gasteiger partial charge on any atom is 0.223 e. The summed E-state index contributed by atoms with van der Waals surface area (Å²) in [6, 6.07) is 7.67. The lowest BCUT2D eigenvalue weighted by atomic mass is 10.1. The fourth-order valence-electron chi connectivity index (χ4n) is 1.86. The molecule has 21 heavy (non-hydrogen) atoms. The molecule has 1 aromatic carbocycles. The highest BCUT2D eigenvalue weighted by atomic mass is 32.2. The first-order chi connectivity index (χ1) is 9.83. The average Bonchev–Trinajstić information content (AvgIpc) is 2.43. The molecular formula is C14H22N2O4S. The molecule has 0 bridgehead atoms. The van der Waals surface area contributed by atoms with Crippen LogP contribution in [-0.2, 0) is 21.2 Å². The van der Waals surface area contributed by atoms with Crippen LogP contribution in [0.5, 0.6) is 5.75 Å². The van der Waals surface area contributed by atoms with Crippen LogP contribution in [-0.4, -0.2) is 52.7 Å². The van der Waals surface area contributed by atoms with Crippen molar-refractivity contribution in [2.75, 3.05) is 33.5 Å². The highest BCUT2D eigenvalue weighted by molar-refractivity contribution is 7.88. The van der Waals surface area contributed by atoms with Crippen LogP contribution >= 0.6 is 0 Å². The van der Waals surface area contributed by atoms with Crippen LogP contribution in [0.4, 0.5) is 0 Å². The number of para-hydroxylation sites is 1. The molecule has 0 radical (unpaired) electrons. The van der Waals surface area contributed by atoms with Gasteiger partial charge < -0.3 is 9.64 Å². The average molecular weight is 314 g/mol. The fraction of sp³-hybridized carbons (Fsp3) is 0.500. The zero-order chi connectivity index (χ0) is 15.9. The molecule has 7 heteroatoms. The first-order valence-electron chi connectivity index (χ1n) is 6.64. The summed E-state index contributed by atoms with van der Waals surface area (Å²) in [6.07, 6.45) is 1.91. The van der Waals surface area contributed by atoms with Gasteiger partial charge in [-0.3, -0.25) is 4.79 Å². The van der Waals surface area contributed by atoms with E-state index in [-0.39, 0.29) is 18.9 Å². The molecule has 0 saturated heterocycles. The molecule has 0 aliphatic carbocycles. The van der Waals surface area contributed by atoms with Gasteiger partial charge in [0.1, 0.15) is 5.75 Å². The third kappa shape index (κ3) is 6.59. The number of nitrogens with one attached hydrogen (secondary N) is 1. The standard InChI is InChI=1S/C14H22N2O4S/c1-16(14(17)8-10-15-21(3,18)19)11-9-12-6-4-5-7-13(12)20-2/h4-7,15H,8-11H2,1-3H3. The molecule has 118 valence electrons. The minimum atomic E-state index is -3.25. The van der Waals surface area contributed by atoms with Crippen LogP contribution in [0.15, 0.2) is 24.3 Å². The smallest absolute Gasteiger partial charge is 0.223 e. The quantitative estimate of drug-likeness (QED) is 0.764. The van der Waals surface area contributed by atoms with E-state index in [1.807, 2.05) is 24.3 Å². The molecule has 6 nitrogen and oxygen atoms in total. The molecule has 0 fully saturated rings. The number of carbonyl (C=O) groups is 1. The minimum absolute atomic E-state index is 0.0963. The van der Waals surface area contributed by atoms with Gasteiger partial charge in [-0.25, -0.2) is 13.1 Å². The number of methoxy groups -OCH3 is 1. The molecule has 0 aliphatic rings. The van der Waals surface area contributed by atoms with Crippen LogP contribution in [0.1, 0.15) is 12.0 Å². The number of likely N-dealkylation sites (N-methyl/N-ethyl adjacent to an activating group) is 1. The third-order valence-corrected chi connectivity index (χ3v) is 3.77. The third-order valence-electron chi connectivity index (χ3n) is 3.04. The minimum Gasteiger partial charge on any atom is -0.496 e. The summed E-state index contributed by atoms with van der Waals surface area (Å²) in [5.41, 5.74) is 1.04. The lowest BCUT2D eigenvalue weighted by molar-refractivity contribution is -0.129. The molecule has 0 saturated carbocycles. The van der Waals surface area contributed by atoms with E-state index in [1.54, 1.807) is 19.1 Å². The molecule has 1 aromatic rings. The maximum absolute atomic E-state index is 11.9. The molecule has 0 unspecified atom stereocenters. The summed E-state index contributed by atoms with van der Waals surface area (Å²) in [6.45, 7) is 0.675. The monoisotopic (exact) mass is 314 g/mol. The summed E-state index contributed by atoms with van der Waals surface area (Å²) in [5, 5.41) is 0. The number of rotatable bonds is 8. The number of amides is 1. The molecule has 1 rings (SSSR count). The fourth-order valence-corrected chi connectivity index (χ4v) is 2.33. The molecule has 0 aliphatic heterocycles. The van der Waals surface area contributed by atoms with E-state index in [4.69, 9.17) is 4.74 Å². The van der Waals surface area contributed by atoms with E-state index in [1.165, 1.54) is 0 Å². The Hall–Kier alpha value is -1.60. The second-order valence-electron chi connectivity index (χ2n) is 4.79. The van der Waals surface area contributed by atoms with Crippen molar-refractivity contribution in [2.24, 2.45) is 0 Å². The Morgan fingerprint density at radius 3 is 2.62 bits per heavy atom. The molecule has 1 N–H and O–H groups in total. The Morgan fingerprint density at radius 1 is 1.33 bits per heavy atom. The van der Waals surface area contributed by atoms with Gasteiger partial charge in [0.2, 0.25) is 15.9 Å². The summed E-state index contributed by atoms with van der Waals surface area (Å²) in [5.74, 6) is 0.707. The summed E-state index contributed by atoms with van der Waals surface area (Å²) < 4.78 is 29.4. The van der Waals surface area contributed by atoms with Gasteiger partial charge in [0.05, 0.1) is 13.4 Å². The predicted octanol–water partition coefficient (Wildman–Crippen LogP) is 0.635. The second-order valence-corrected chi connectivity index (χ2v) is 6.63. The number of hydrogen-bond donors (Lipinski definition) is 1. The number of carbonyl (C=O) groups excluding carboxylic acids is 1. The van der Waals surface area contributed by atoms with Crippen LogP contribution in [0.3, 0.4) is 0 Å². The van der Waals surface area contributed by atoms with E-state index < -0.39 is 10.0 Å². The zero-order valence-electron chi connectivity index (χ0n) is 12.6. The van der Waals surface area contributed by atoms with Gasteiger partial charge in [-0.2, -0.15) is 0 Å². The van der Waals surface area contributed by atoms with E-state index in [0.29, 0.717) is 13.0 Å². The number of ether oxygens (including phenoxy) is 1. The van der Waals surface area contributed by atoms with Gasteiger partial charge in [-0.05, 0) is 18.1 Å². The molecule has 1 amide bonds. The van der Waals surface area contributed by atoms with E-state index in [2.05, 4.69) is 4.72 Å². The number of sulfonamides is 1. The largest absolute Gasteiger partial charge is 0.496 e. The number of benzene rings is 1. The van der Waals surface area contributed by atoms with Crippen molar-refractivity contribution in [2.45, 2.75) is 12.8 Å². The molecule has 0 spiro atoms.